The molecule has 0 atom stereocenters. The zero-order chi connectivity index (χ0) is 20.4. The first kappa shape index (κ1) is 19.1. The minimum absolute atomic E-state index is 0.168. The summed E-state index contributed by atoms with van der Waals surface area (Å²) >= 11 is 0. The first-order valence-corrected chi connectivity index (χ1v) is 8.53. The van der Waals surface area contributed by atoms with Crippen LogP contribution in [0.2, 0.25) is 0 Å². The van der Waals surface area contributed by atoms with E-state index in [0.29, 0.717) is 11.4 Å². The number of rotatable bonds is 5. The quantitative estimate of drug-likeness (QED) is 0.484. The number of carbonyl (C=O) groups excluding carboxylic acids is 4. The molecule has 8 nitrogen and oxygen atoms in total. The lowest BCUT2D eigenvalue weighted by Crippen LogP contribution is -2.29. The van der Waals surface area contributed by atoms with Crippen molar-refractivity contribution in [3.8, 4) is 11.5 Å². The summed E-state index contributed by atoms with van der Waals surface area (Å²) in [6.45, 7) is 3.23. The molecule has 2 aromatic rings. The van der Waals surface area contributed by atoms with Crippen LogP contribution in [-0.4, -0.2) is 42.2 Å². The molecule has 1 aliphatic heterocycles. The lowest BCUT2D eigenvalue weighted by Gasteiger charge is -2.11. The van der Waals surface area contributed by atoms with E-state index >= 15 is 0 Å². The fourth-order valence-electron chi connectivity index (χ4n) is 2.91. The number of benzene rings is 2. The number of hydrogen-bond acceptors (Lipinski definition) is 6. The summed E-state index contributed by atoms with van der Waals surface area (Å²) in [5.41, 5.74) is 1.09. The summed E-state index contributed by atoms with van der Waals surface area (Å²) in [7, 11) is 1.43. The third-order valence-electron chi connectivity index (χ3n) is 4.22. The topological polar surface area (TPSA) is 102 Å². The molecule has 0 fully saturated rings. The van der Waals surface area contributed by atoms with Crippen molar-refractivity contribution in [1.82, 2.24) is 4.90 Å². The van der Waals surface area contributed by atoms with E-state index in [4.69, 9.17) is 9.47 Å². The van der Waals surface area contributed by atoms with Gasteiger partial charge in [0.15, 0.2) is 11.5 Å². The van der Waals surface area contributed by atoms with E-state index in [9.17, 15) is 19.2 Å². The van der Waals surface area contributed by atoms with Gasteiger partial charge in [-0.15, -0.1) is 0 Å². The van der Waals surface area contributed by atoms with Crippen LogP contribution >= 0.6 is 0 Å². The maximum atomic E-state index is 12.6. The van der Waals surface area contributed by atoms with Crippen molar-refractivity contribution in [2.24, 2.45) is 0 Å². The van der Waals surface area contributed by atoms with Crippen molar-refractivity contribution in [1.29, 1.82) is 0 Å². The van der Waals surface area contributed by atoms with Gasteiger partial charge in [0.05, 0.1) is 18.2 Å². The molecule has 1 N–H and O–H groups in total. The molecule has 144 valence electrons. The van der Waals surface area contributed by atoms with Gasteiger partial charge in [0, 0.05) is 30.8 Å². The second-order valence-corrected chi connectivity index (χ2v) is 6.03. The minimum Gasteiger partial charge on any atom is -0.493 e. The molecule has 28 heavy (non-hydrogen) atoms. The van der Waals surface area contributed by atoms with Crippen LogP contribution in [-0.2, 0) is 4.79 Å². The normalized spacial score (nSPS) is 12.6. The number of nitrogens with zero attached hydrogens (tertiary/aromatic N) is 1. The van der Waals surface area contributed by atoms with Gasteiger partial charge in [0.25, 0.3) is 17.7 Å². The zero-order valence-corrected chi connectivity index (χ0v) is 15.6. The Hall–Kier alpha value is -3.68. The molecular formula is C20H18N2O6. The summed E-state index contributed by atoms with van der Waals surface area (Å²) < 4.78 is 10.2. The molecule has 0 aromatic heterocycles. The monoisotopic (exact) mass is 382 g/mol. The lowest BCUT2D eigenvalue weighted by molar-refractivity contribution is -0.132. The molecule has 1 aliphatic rings. The van der Waals surface area contributed by atoms with E-state index in [2.05, 4.69) is 5.32 Å². The number of imide groups is 1. The molecule has 0 unspecified atom stereocenters. The highest BCUT2D eigenvalue weighted by Crippen LogP contribution is 2.31. The molecule has 8 heteroatoms. The molecule has 2 aromatic carbocycles. The first-order chi connectivity index (χ1) is 13.3. The minimum atomic E-state index is -0.524. The number of ether oxygens (including phenoxy) is 2. The molecular weight excluding hydrogens is 364 g/mol. The predicted molar refractivity (Wildman–Crippen MR) is 99.7 cm³/mol. The SMILES string of the molecule is CCN1C(=O)c2ccc(C(=O)Nc3ccc(OC)c(OC(C)=O)c3)cc2C1=O. The number of carbonyl (C=O) groups is 4. The Morgan fingerprint density at radius 2 is 1.71 bits per heavy atom. The standard InChI is InChI=1S/C20H18N2O6/c1-4-22-19(25)14-7-5-12(9-15(14)20(22)26)18(24)21-13-6-8-16(27-3)17(10-13)28-11(2)23/h5-10H,4H2,1-3H3,(H,21,24). The Bertz CT molecular complexity index is 998. The number of hydrogen-bond donors (Lipinski definition) is 1. The molecule has 3 rings (SSSR count). The van der Waals surface area contributed by atoms with E-state index < -0.39 is 17.8 Å². The van der Waals surface area contributed by atoms with Crippen LogP contribution in [0.25, 0.3) is 0 Å². The summed E-state index contributed by atoms with van der Waals surface area (Å²) in [6, 6.07) is 8.95. The van der Waals surface area contributed by atoms with Crippen molar-refractivity contribution in [2.75, 3.05) is 19.0 Å². The molecule has 0 saturated carbocycles. The maximum absolute atomic E-state index is 12.6. The Morgan fingerprint density at radius 1 is 1.00 bits per heavy atom. The Kier molecular flexibility index (Phi) is 5.12. The number of methoxy groups -OCH3 is 1. The van der Waals surface area contributed by atoms with Gasteiger partial charge in [-0.1, -0.05) is 0 Å². The van der Waals surface area contributed by atoms with Crippen molar-refractivity contribution >= 4 is 29.4 Å². The van der Waals surface area contributed by atoms with E-state index in [1.165, 1.54) is 38.3 Å². The number of fused-ring (bicyclic) bond motifs is 1. The summed E-state index contributed by atoms with van der Waals surface area (Å²) in [5.74, 6) is -1.27. The molecule has 0 radical (unpaired) electrons. The van der Waals surface area contributed by atoms with Gasteiger partial charge in [-0.2, -0.15) is 0 Å². The van der Waals surface area contributed by atoms with Gasteiger partial charge in [-0.3, -0.25) is 24.1 Å². The first-order valence-electron chi connectivity index (χ1n) is 8.53. The van der Waals surface area contributed by atoms with Crippen LogP contribution in [0.4, 0.5) is 5.69 Å². The summed E-state index contributed by atoms with van der Waals surface area (Å²) in [6.07, 6.45) is 0. The molecule has 0 saturated heterocycles. The van der Waals surface area contributed by atoms with Gasteiger partial charge in [-0.05, 0) is 37.3 Å². The van der Waals surface area contributed by atoms with E-state index in [0.717, 1.165) is 4.90 Å². The largest absolute Gasteiger partial charge is 0.493 e. The van der Waals surface area contributed by atoms with Crippen LogP contribution in [0.15, 0.2) is 36.4 Å². The van der Waals surface area contributed by atoms with E-state index in [1.807, 2.05) is 0 Å². The van der Waals surface area contributed by atoms with Gasteiger partial charge >= 0.3 is 5.97 Å². The Balaban J connectivity index is 1.85. The predicted octanol–water partition coefficient (Wildman–Crippen LogP) is 2.49. The van der Waals surface area contributed by atoms with E-state index in [-0.39, 0.29) is 34.9 Å². The number of anilines is 1. The lowest BCUT2D eigenvalue weighted by atomic mass is 10.1. The fourth-order valence-corrected chi connectivity index (χ4v) is 2.91. The number of nitrogens with one attached hydrogen (secondary N) is 1. The van der Waals surface area contributed by atoms with Crippen molar-refractivity contribution < 1.29 is 28.7 Å². The third-order valence-corrected chi connectivity index (χ3v) is 4.22. The van der Waals surface area contributed by atoms with Crippen LogP contribution in [0.5, 0.6) is 11.5 Å². The van der Waals surface area contributed by atoms with Crippen molar-refractivity contribution in [2.45, 2.75) is 13.8 Å². The van der Waals surface area contributed by atoms with Crippen molar-refractivity contribution in [3.63, 3.8) is 0 Å². The van der Waals surface area contributed by atoms with Crippen LogP contribution < -0.4 is 14.8 Å². The number of amides is 3. The summed E-state index contributed by atoms with van der Waals surface area (Å²) in [5, 5.41) is 2.67. The molecule has 3 amide bonds. The average molecular weight is 382 g/mol. The van der Waals surface area contributed by atoms with Gasteiger partial charge in [0.2, 0.25) is 0 Å². The Morgan fingerprint density at radius 3 is 2.36 bits per heavy atom. The average Bonchev–Trinajstić information content (AvgIpc) is 2.91. The number of esters is 1. The highest BCUT2D eigenvalue weighted by Gasteiger charge is 2.34. The smallest absolute Gasteiger partial charge is 0.308 e. The Labute approximate surface area is 161 Å². The maximum Gasteiger partial charge on any atom is 0.308 e. The summed E-state index contributed by atoms with van der Waals surface area (Å²) in [4.78, 5) is 49.4. The molecule has 0 aliphatic carbocycles. The van der Waals surface area contributed by atoms with Gasteiger partial charge in [0.1, 0.15) is 0 Å². The second-order valence-electron chi connectivity index (χ2n) is 6.03. The third kappa shape index (κ3) is 3.44. The highest BCUT2D eigenvalue weighted by molar-refractivity contribution is 6.22. The van der Waals surface area contributed by atoms with Gasteiger partial charge in [-0.25, -0.2) is 0 Å². The molecule has 1 heterocycles. The van der Waals surface area contributed by atoms with Crippen LogP contribution in [0, 0.1) is 0 Å². The second kappa shape index (κ2) is 7.51. The van der Waals surface area contributed by atoms with Crippen LogP contribution in [0.3, 0.4) is 0 Å². The van der Waals surface area contributed by atoms with Gasteiger partial charge < -0.3 is 14.8 Å². The van der Waals surface area contributed by atoms with Crippen LogP contribution in [0.1, 0.15) is 44.9 Å². The molecule has 0 spiro atoms. The highest BCUT2D eigenvalue weighted by atomic mass is 16.6. The zero-order valence-electron chi connectivity index (χ0n) is 15.6. The van der Waals surface area contributed by atoms with Crippen molar-refractivity contribution in [3.05, 3.63) is 53.1 Å². The fraction of sp³-hybridized carbons (Fsp3) is 0.200. The molecule has 0 bridgehead atoms. The van der Waals surface area contributed by atoms with E-state index in [1.54, 1.807) is 19.1 Å².